The molecule has 1 unspecified atom stereocenters. The molecule has 0 aliphatic carbocycles. The van der Waals surface area contributed by atoms with E-state index in [4.69, 9.17) is 19.4 Å². The number of hydrogen-bond acceptors (Lipinski definition) is 7. The van der Waals surface area contributed by atoms with Crippen molar-refractivity contribution in [3.63, 3.8) is 0 Å². The molecule has 2 fully saturated rings. The smallest absolute Gasteiger partial charge is 0.206 e. The van der Waals surface area contributed by atoms with Crippen LogP contribution in [-0.4, -0.2) is 76.1 Å². The highest BCUT2D eigenvalue weighted by molar-refractivity contribution is 8.00. The highest BCUT2D eigenvalue weighted by atomic mass is 32.2. The number of benzene rings is 2. The van der Waals surface area contributed by atoms with E-state index in [0.29, 0.717) is 17.9 Å². The highest BCUT2D eigenvalue weighted by Gasteiger charge is 2.48. The van der Waals surface area contributed by atoms with E-state index in [-0.39, 0.29) is 0 Å². The predicted octanol–water partition coefficient (Wildman–Crippen LogP) is 3.25. The maximum Gasteiger partial charge on any atom is 0.206 e. The van der Waals surface area contributed by atoms with Crippen LogP contribution < -0.4 is 19.7 Å². The van der Waals surface area contributed by atoms with Crippen LogP contribution in [0.3, 0.4) is 0 Å². The number of carbonyl (C=O) groups excluding carboxylic acids is 1. The van der Waals surface area contributed by atoms with E-state index in [0.717, 1.165) is 34.8 Å². The Kier molecular flexibility index (Phi) is 7.26. The van der Waals surface area contributed by atoms with E-state index >= 15 is 0 Å². The number of nitrogens with zero attached hydrogens (tertiary/aromatic N) is 3. The van der Waals surface area contributed by atoms with Crippen molar-refractivity contribution in [2.45, 2.75) is 19.4 Å². The largest absolute Gasteiger partial charge is 0.493 e. The van der Waals surface area contributed by atoms with Gasteiger partial charge in [-0.3, -0.25) is 9.80 Å². The third-order valence-corrected chi connectivity index (χ3v) is 8.40. The summed E-state index contributed by atoms with van der Waals surface area (Å²) >= 11 is 2.07. The fourth-order valence-corrected chi connectivity index (χ4v) is 5.78. The average Bonchev–Trinajstić information content (AvgIpc) is 2.92. The van der Waals surface area contributed by atoms with Crippen LogP contribution in [0.4, 0.5) is 5.69 Å². The van der Waals surface area contributed by atoms with Crippen LogP contribution in [0.15, 0.2) is 41.5 Å². The molecule has 1 spiro atoms. The molecule has 0 saturated carbocycles. The van der Waals surface area contributed by atoms with Crippen LogP contribution in [0.1, 0.15) is 23.6 Å². The minimum atomic E-state index is 0.302. The second kappa shape index (κ2) is 10.2. The number of hydrazone groups is 1. The molecule has 3 aliphatic rings. The Hall–Kier alpha value is -2.87. The maximum absolute atomic E-state index is 9.06. The number of methoxy groups -OCH3 is 2. The number of ether oxygens (including phenoxy) is 2. The Balaban J connectivity index is 0.000000636. The Morgan fingerprint density at radius 2 is 1.74 bits per heavy atom. The molecule has 182 valence electrons. The van der Waals surface area contributed by atoms with Crippen molar-refractivity contribution in [2.75, 3.05) is 57.8 Å². The van der Waals surface area contributed by atoms with Gasteiger partial charge in [0.25, 0.3) is 0 Å². The first-order valence-electron chi connectivity index (χ1n) is 11.5. The summed E-state index contributed by atoms with van der Waals surface area (Å²) in [6.45, 7) is 4.59. The molecule has 0 bridgehead atoms. The fourth-order valence-electron chi connectivity index (χ4n) is 4.63. The van der Waals surface area contributed by atoms with E-state index < -0.39 is 0 Å². The zero-order valence-corrected chi connectivity index (χ0v) is 21.4. The highest BCUT2D eigenvalue weighted by Crippen LogP contribution is 2.46. The third-order valence-electron chi connectivity index (χ3n) is 6.77. The summed E-state index contributed by atoms with van der Waals surface area (Å²) in [6.07, 6.45) is 1.53. The fraction of sp³-hybridized carbons (Fsp3) is 0.462. The molecule has 7 nitrogen and oxygen atoms in total. The molecule has 3 aliphatic heterocycles. The van der Waals surface area contributed by atoms with E-state index in [9.17, 15) is 0 Å². The Bertz CT molecular complexity index is 1040. The lowest BCUT2D eigenvalue weighted by Crippen LogP contribution is -2.63. The van der Waals surface area contributed by atoms with Gasteiger partial charge in [0.05, 0.1) is 19.9 Å². The van der Waals surface area contributed by atoms with Crippen molar-refractivity contribution in [3.05, 3.63) is 53.1 Å². The van der Waals surface area contributed by atoms with Gasteiger partial charge in [0.1, 0.15) is 0 Å². The molecule has 0 aromatic heterocycles. The summed E-state index contributed by atoms with van der Waals surface area (Å²) in [5, 5.41) is 9.31. The van der Waals surface area contributed by atoms with Gasteiger partial charge in [-0.1, -0.05) is 12.1 Å². The van der Waals surface area contributed by atoms with Crippen molar-refractivity contribution in [3.8, 4) is 11.5 Å². The number of hydrogen-bond donors (Lipinski definition) is 1. The number of nitrogens with one attached hydrogen (secondary N) is 1. The number of fused-ring (bicyclic) bond motifs is 1. The molecule has 8 heteroatoms. The normalized spacial score (nSPS) is 19.9. The molecular weight excluding hydrogens is 448 g/mol. The molecule has 3 heterocycles. The van der Waals surface area contributed by atoms with Crippen LogP contribution in [0.25, 0.3) is 0 Å². The number of rotatable bonds is 5. The summed E-state index contributed by atoms with van der Waals surface area (Å²) in [5.74, 6) is 4.15. The molecule has 2 aromatic rings. The van der Waals surface area contributed by atoms with Crippen molar-refractivity contribution in [1.82, 2.24) is 10.3 Å². The molecule has 1 amide bonds. The van der Waals surface area contributed by atoms with Gasteiger partial charge in [0, 0.05) is 67.0 Å². The number of carbonyl (C=O) groups is 1. The topological polar surface area (TPSA) is 66.4 Å². The van der Waals surface area contributed by atoms with Gasteiger partial charge in [0.2, 0.25) is 6.41 Å². The maximum atomic E-state index is 9.06. The minimum Gasteiger partial charge on any atom is -0.493 e. The minimum absolute atomic E-state index is 0.302. The lowest BCUT2D eigenvalue weighted by atomic mass is 9.82. The number of thioether (sulfide) groups is 1. The van der Waals surface area contributed by atoms with Gasteiger partial charge < -0.3 is 19.7 Å². The van der Waals surface area contributed by atoms with Crippen molar-refractivity contribution >= 4 is 29.6 Å². The predicted molar refractivity (Wildman–Crippen MR) is 140 cm³/mol. The quantitative estimate of drug-likeness (QED) is 0.660. The van der Waals surface area contributed by atoms with Crippen LogP contribution in [0, 0.1) is 5.41 Å². The van der Waals surface area contributed by atoms with Crippen LogP contribution in [0.5, 0.6) is 11.5 Å². The first kappa shape index (κ1) is 24.3. The third kappa shape index (κ3) is 4.69. The second-order valence-corrected chi connectivity index (χ2v) is 10.2. The van der Waals surface area contributed by atoms with Gasteiger partial charge in [-0.2, -0.15) is 16.9 Å². The van der Waals surface area contributed by atoms with E-state index in [1.165, 1.54) is 35.8 Å². The van der Waals surface area contributed by atoms with E-state index in [1.54, 1.807) is 21.3 Å². The summed E-state index contributed by atoms with van der Waals surface area (Å²) < 4.78 is 11.1. The zero-order valence-electron chi connectivity index (χ0n) is 20.6. The van der Waals surface area contributed by atoms with Crippen LogP contribution in [-0.2, 0) is 11.2 Å². The summed E-state index contributed by atoms with van der Waals surface area (Å²) in [4.78, 5) is 11.6. The molecule has 1 N–H and O–H groups in total. The summed E-state index contributed by atoms with van der Waals surface area (Å²) in [7, 11) is 6.98. The average molecular weight is 483 g/mol. The summed E-state index contributed by atoms with van der Waals surface area (Å²) in [5.41, 5.74) is 6.37. The molecule has 34 heavy (non-hydrogen) atoms. The van der Waals surface area contributed by atoms with Gasteiger partial charge in [0.15, 0.2) is 11.5 Å². The lowest BCUT2D eigenvalue weighted by molar-refractivity contribution is -0.109. The van der Waals surface area contributed by atoms with Crippen molar-refractivity contribution in [1.29, 1.82) is 0 Å². The van der Waals surface area contributed by atoms with Crippen LogP contribution in [0.2, 0.25) is 0 Å². The van der Waals surface area contributed by atoms with Gasteiger partial charge in [-0.05, 0) is 43.2 Å². The van der Waals surface area contributed by atoms with E-state index in [1.807, 2.05) is 0 Å². The van der Waals surface area contributed by atoms with Gasteiger partial charge in [-0.15, -0.1) is 0 Å². The molecule has 5 rings (SSSR count). The summed E-state index contributed by atoms with van der Waals surface area (Å²) in [6, 6.07) is 13.4. The zero-order chi connectivity index (χ0) is 24.3. The van der Waals surface area contributed by atoms with E-state index in [2.05, 4.69) is 77.4 Å². The van der Waals surface area contributed by atoms with Crippen LogP contribution >= 0.6 is 11.8 Å². The Labute approximate surface area is 206 Å². The van der Waals surface area contributed by atoms with Crippen molar-refractivity contribution < 1.29 is 14.3 Å². The molecular formula is C26H34N4O3S. The first-order chi connectivity index (χ1) is 16.4. The first-order valence-corrected chi connectivity index (χ1v) is 12.7. The van der Waals surface area contributed by atoms with Gasteiger partial charge >= 0.3 is 0 Å². The second-order valence-electron chi connectivity index (χ2n) is 9.24. The number of anilines is 1. The Morgan fingerprint density at radius 3 is 2.26 bits per heavy atom. The monoisotopic (exact) mass is 482 g/mol. The molecule has 0 radical (unpaired) electrons. The Morgan fingerprint density at radius 1 is 1.12 bits per heavy atom. The number of amides is 1. The molecule has 2 saturated heterocycles. The van der Waals surface area contributed by atoms with Gasteiger partial charge in [-0.25, -0.2) is 0 Å². The van der Waals surface area contributed by atoms with Crippen molar-refractivity contribution in [2.24, 2.45) is 10.5 Å². The lowest BCUT2D eigenvalue weighted by Gasteiger charge is -2.56. The molecule has 1 atom stereocenters. The standard InChI is InChI=1S/C24H29N3O2S.C2H5NO/c1-16-9-18-10-21(28-3)22(29-4)11-20(18)23(25-26(16)2)17-5-7-19(8-6-17)27-12-24(13-27)14-30-15-24;1-3-2-4/h5-8,10-11,16H,9,12-15H2,1-4H3;2H,1H3,(H,3,4). The molecule has 2 aromatic carbocycles. The number of likely N-dealkylation sites (N-methyl/N-ethyl adjacent to an activating group) is 1. The SMILES string of the molecule is CNC=O.COc1cc2c(cc1OC)C(c1ccc(N3CC4(CSC4)C3)cc1)=NN(C)C(C)C2.